The second-order valence-electron chi connectivity index (χ2n) is 5.87. The minimum atomic E-state index is -0.889. The minimum absolute atomic E-state index is 0.0561. The van der Waals surface area contributed by atoms with Crippen LogP contribution in [0.25, 0.3) is 6.08 Å². The number of hydrogen-bond donors (Lipinski definition) is 2. The first-order chi connectivity index (χ1) is 10.5. The van der Waals surface area contributed by atoms with Crippen LogP contribution >= 0.6 is 0 Å². The van der Waals surface area contributed by atoms with Crippen molar-refractivity contribution in [2.45, 2.75) is 51.5 Å². The maximum absolute atomic E-state index is 12.5. The number of nitrogens with one attached hydrogen (secondary N) is 1. The molecule has 0 atom stereocenters. The monoisotopic (exact) mass is 301 g/mol. The van der Waals surface area contributed by atoms with Crippen molar-refractivity contribution in [2.75, 3.05) is 0 Å². The second kappa shape index (κ2) is 6.77. The molecule has 1 aliphatic rings. The molecule has 4 heteroatoms. The van der Waals surface area contributed by atoms with E-state index < -0.39 is 11.5 Å². The van der Waals surface area contributed by atoms with E-state index in [1.807, 2.05) is 26.0 Å². The van der Waals surface area contributed by atoms with Crippen molar-refractivity contribution in [1.82, 2.24) is 5.32 Å². The highest BCUT2D eigenvalue weighted by Crippen LogP contribution is 2.23. The number of carboxylic acids is 1. The molecule has 0 saturated heterocycles. The molecule has 0 bridgehead atoms. The lowest BCUT2D eigenvalue weighted by molar-refractivity contribution is -0.138. The molecule has 1 aliphatic carbocycles. The van der Waals surface area contributed by atoms with Crippen LogP contribution in [0.2, 0.25) is 0 Å². The average Bonchev–Trinajstić information content (AvgIpc) is 2.53. The molecule has 2 rings (SSSR count). The zero-order valence-electron chi connectivity index (χ0n) is 13.2. The van der Waals surface area contributed by atoms with Gasteiger partial charge in [-0.05, 0) is 48.9 Å². The molecule has 22 heavy (non-hydrogen) atoms. The van der Waals surface area contributed by atoms with Gasteiger partial charge >= 0.3 is 5.97 Å². The molecular formula is C18H23NO3. The van der Waals surface area contributed by atoms with Gasteiger partial charge in [0.2, 0.25) is 0 Å². The largest absolute Gasteiger partial charge is 0.481 e. The maximum Gasteiger partial charge on any atom is 0.305 e. The Labute approximate surface area is 131 Å². The van der Waals surface area contributed by atoms with Gasteiger partial charge in [-0.15, -0.1) is 0 Å². The van der Waals surface area contributed by atoms with Gasteiger partial charge in [0.1, 0.15) is 0 Å². The van der Waals surface area contributed by atoms with E-state index in [0.717, 1.165) is 18.4 Å². The number of aryl methyl sites for hydroxylation is 1. The van der Waals surface area contributed by atoms with Crippen molar-refractivity contribution in [3.8, 4) is 0 Å². The van der Waals surface area contributed by atoms with Crippen LogP contribution < -0.4 is 5.32 Å². The number of hydrogen-bond acceptors (Lipinski definition) is 2. The first-order valence-corrected chi connectivity index (χ1v) is 7.83. The summed E-state index contributed by atoms with van der Waals surface area (Å²) in [6.45, 7) is 3.81. The van der Waals surface area contributed by atoms with Crippen LogP contribution in [0.3, 0.4) is 0 Å². The number of aliphatic carboxylic acids is 1. The van der Waals surface area contributed by atoms with Crippen molar-refractivity contribution in [1.29, 1.82) is 0 Å². The quantitative estimate of drug-likeness (QED) is 0.846. The van der Waals surface area contributed by atoms with Gasteiger partial charge in [0.25, 0.3) is 5.91 Å². The van der Waals surface area contributed by atoms with Gasteiger partial charge in [-0.1, -0.05) is 32.1 Å². The molecule has 0 unspecified atom stereocenters. The summed E-state index contributed by atoms with van der Waals surface area (Å²) in [5.74, 6) is -1.08. The zero-order valence-corrected chi connectivity index (χ0v) is 13.2. The zero-order chi connectivity index (χ0) is 16.2. The Morgan fingerprint density at radius 2 is 2.00 bits per heavy atom. The average molecular weight is 301 g/mol. The SMILES string of the molecule is CCC(CC)(CC(=O)O)NC(=O)c1ccc2c(c1)CCC=C2. The van der Waals surface area contributed by atoms with Crippen LogP contribution in [-0.4, -0.2) is 22.5 Å². The summed E-state index contributed by atoms with van der Waals surface area (Å²) in [4.78, 5) is 23.6. The van der Waals surface area contributed by atoms with Crippen LogP contribution in [0.4, 0.5) is 0 Å². The Kier molecular flexibility index (Phi) is 5.01. The molecule has 0 fully saturated rings. The van der Waals surface area contributed by atoms with Gasteiger partial charge in [-0.2, -0.15) is 0 Å². The van der Waals surface area contributed by atoms with E-state index in [1.165, 1.54) is 5.56 Å². The maximum atomic E-state index is 12.5. The summed E-state index contributed by atoms with van der Waals surface area (Å²) in [6, 6.07) is 5.68. The fourth-order valence-corrected chi connectivity index (χ4v) is 2.90. The van der Waals surface area contributed by atoms with Crippen molar-refractivity contribution in [3.05, 3.63) is 41.0 Å². The van der Waals surface area contributed by atoms with Crippen molar-refractivity contribution >= 4 is 18.0 Å². The first kappa shape index (κ1) is 16.3. The molecular weight excluding hydrogens is 278 g/mol. The summed E-state index contributed by atoms with van der Waals surface area (Å²) in [5.41, 5.74) is 2.25. The molecule has 0 aromatic heterocycles. The number of carbonyl (C=O) groups is 2. The highest BCUT2D eigenvalue weighted by molar-refractivity contribution is 5.95. The Balaban J connectivity index is 2.20. The van der Waals surface area contributed by atoms with Gasteiger partial charge in [0.05, 0.1) is 12.0 Å². The molecule has 1 aromatic carbocycles. The fourth-order valence-electron chi connectivity index (χ4n) is 2.90. The smallest absolute Gasteiger partial charge is 0.305 e. The summed E-state index contributed by atoms with van der Waals surface area (Å²) >= 11 is 0. The molecule has 118 valence electrons. The van der Waals surface area contributed by atoms with E-state index in [-0.39, 0.29) is 12.3 Å². The number of fused-ring (bicyclic) bond motifs is 1. The number of amides is 1. The lowest BCUT2D eigenvalue weighted by Gasteiger charge is -2.31. The Bertz CT molecular complexity index is 600. The summed E-state index contributed by atoms with van der Waals surface area (Å²) < 4.78 is 0. The molecule has 0 saturated carbocycles. The first-order valence-electron chi connectivity index (χ1n) is 7.83. The Morgan fingerprint density at radius 3 is 2.64 bits per heavy atom. The molecule has 0 radical (unpaired) electrons. The van der Waals surface area contributed by atoms with Crippen LogP contribution in [0, 0.1) is 0 Å². The molecule has 2 N–H and O–H groups in total. The van der Waals surface area contributed by atoms with Crippen LogP contribution in [0.15, 0.2) is 24.3 Å². The third-order valence-corrected chi connectivity index (χ3v) is 4.50. The third-order valence-electron chi connectivity index (χ3n) is 4.50. The normalized spacial score (nSPS) is 13.5. The number of benzene rings is 1. The van der Waals surface area contributed by atoms with E-state index in [4.69, 9.17) is 5.11 Å². The van der Waals surface area contributed by atoms with Gasteiger partial charge in [0, 0.05) is 5.56 Å². The minimum Gasteiger partial charge on any atom is -0.481 e. The van der Waals surface area contributed by atoms with Crippen LogP contribution in [0.5, 0.6) is 0 Å². The van der Waals surface area contributed by atoms with Gasteiger partial charge < -0.3 is 10.4 Å². The fraction of sp³-hybridized carbons (Fsp3) is 0.444. The molecule has 1 aromatic rings. The summed E-state index contributed by atoms with van der Waals surface area (Å²) in [7, 11) is 0. The van der Waals surface area contributed by atoms with Crippen molar-refractivity contribution < 1.29 is 14.7 Å². The molecule has 4 nitrogen and oxygen atoms in total. The van der Waals surface area contributed by atoms with Gasteiger partial charge in [-0.25, -0.2) is 0 Å². The topological polar surface area (TPSA) is 66.4 Å². The van der Waals surface area contributed by atoms with E-state index in [0.29, 0.717) is 18.4 Å². The van der Waals surface area contributed by atoms with E-state index in [2.05, 4.69) is 17.5 Å². The van der Waals surface area contributed by atoms with E-state index in [1.54, 1.807) is 6.07 Å². The lowest BCUT2D eigenvalue weighted by Crippen LogP contribution is -2.49. The summed E-state index contributed by atoms with van der Waals surface area (Å²) in [6.07, 6.45) is 7.27. The number of carboxylic acid groups (broad SMARTS) is 1. The number of rotatable bonds is 6. The number of carbonyl (C=O) groups excluding carboxylic acids is 1. The molecule has 0 spiro atoms. The van der Waals surface area contributed by atoms with Crippen LogP contribution in [0.1, 0.15) is 61.0 Å². The van der Waals surface area contributed by atoms with Crippen molar-refractivity contribution in [2.24, 2.45) is 0 Å². The van der Waals surface area contributed by atoms with Gasteiger partial charge in [0.15, 0.2) is 0 Å². The second-order valence-corrected chi connectivity index (χ2v) is 5.87. The van der Waals surface area contributed by atoms with Crippen LogP contribution in [-0.2, 0) is 11.2 Å². The van der Waals surface area contributed by atoms with Crippen molar-refractivity contribution in [3.63, 3.8) is 0 Å². The highest BCUT2D eigenvalue weighted by atomic mass is 16.4. The highest BCUT2D eigenvalue weighted by Gasteiger charge is 2.31. The molecule has 1 amide bonds. The third kappa shape index (κ3) is 3.56. The Morgan fingerprint density at radius 1 is 1.27 bits per heavy atom. The Hall–Kier alpha value is -2.10. The molecule has 0 aliphatic heterocycles. The van der Waals surface area contributed by atoms with Gasteiger partial charge in [-0.3, -0.25) is 9.59 Å². The summed E-state index contributed by atoms with van der Waals surface area (Å²) in [5, 5.41) is 12.0. The molecule has 0 heterocycles. The van der Waals surface area contributed by atoms with E-state index in [9.17, 15) is 9.59 Å². The van der Waals surface area contributed by atoms with E-state index >= 15 is 0 Å². The standard InChI is InChI=1S/C18H23NO3/c1-3-18(4-2,12-16(20)21)19-17(22)15-10-9-13-7-5-6-8-14(13)11-15/h5,7,9-11H,3-4,6,8,12H2,1-2H3,(H,19,22)(H,20,21). The predicted octanol–water partition coefficient (Wildman–Crippen LogP) is 3.41. The number of allylic oxidation sites excluding steroid dienone is 1. The predicted molar refractivity (Wildman–Crippen MR) is 86.8 cm³/mol. The lowest BCUT2D eigenvalue weighted by atomic mass is 9.88.